The van der Waals surface area contributed by atoms with E-state index >= 15 is 0 Å². The van der Waals surface area contributed by atoms with E-state index in [-0.39, 0.29) is 18.1 Å². The third kappa shape index (κ3) is 3.13. The number of carbonyl (C=O) groups excluding carboxylic acids is 1. The molecule has 0 aliphatic carbocycles. The molecule has 6 nitrogen and oxygen atoms in total. The summed E-state index contributed by atoms with van der Waals surface area (Å²) in [6.07, 6.45) is 6.74. The SMILES string of the molecule is COCC(=O)N1CCc2[nH]cnc2C12CCN(CC=C(C)C)CC2. The molecular weight excluding hydrogens is 304 g/mol. The van der Waals surface area contributed by atoms with E-state index in [1.54, 1.807) is 13.4 Å². The van der Waals surface area contributed by atoms with Gasteiger partial charge in [-0.15, -0.1) is 0 Å². The van der Waals surface area contributed by atoms with Crippen molar-refractivity contribution < 1.29 is 9.53 Å². The second-order valence-electron chi connectivity index (χ2n) is 7.07. The van der Waals surface area contributed by atoms with Crippen LogP contribution in [0.1, 0.15) is 38.1 Å². The van der Waals surface area contributed by atoms with Gasteiger partial charge in [-0.1, -0.05) is 11.6 Å². The van der Waals surface area contributed by atoms with E-state index in [0.717, 1.165) is 51.1 Å². The second kappa shape index (κ2) is 7.07. The molecule has 0 aromatic carbocycles. The van der Waals surface area contributed by atoms with Gasteiger partial charge < -0.3 is 14.6 Å². The predicted molar refractivity (Wildman–Crippen MR) is 92.7 cm³/mol. The van der Waals surface area contributed by atoms with Crippen LogP contribution in [0.15, 0.2) is 18.0 Å². The maximum Gasteiger partial charge on any atom is 0.249 e. The fraction of sp³-hybridized carbons (Fsp3) is 0.667. The van der Waals surface area contributed by atoms with Crippen molar-refractivity contribution in [3.05, 3.63) is 29.4 Å². The van der Waals surface area contributed by atoms with Crippen LogP contribution in [0.4, 0.5) is 0 Å². The number of hydrogen-bond acceptors (Lipinski definition) is 4. The Hall–Kier alpha value is -1.66. The molecule has 0 radical (unpaired) electrons. The molecule has 1 spiro atoms. The van der Waals surface area contributed by atoms with Crippen LogP contribution < -0.4 is 0 Å². The maximum absolute atomic E-state index is 12.6. The second-order valence-corrected chi connectivity index (χ2v) is 7.07. The summed E-state index contributed by atoms with van der Waals surface area (Å²) in [4.78, 5) is 25.0. The molecule has 2 aliphatic rings. The summed E-state index contributed by atoms with van der Waals surface area (Å²) in [6, 6.07) is 0. The summed E-state index contributed by atoms with van der Waals surface area (Å²) < 4.78 is 5.11. The highest BCUT2D eigenvalue weighted by molar-refractivity contribution is 5.79. The van der Waals surface area contributed by atoms with Gasteiger partial charge in [-0.3, -0.25) is 9.69 Å². The van der Waals surface area contributed by atoms with Crippen LogP contribution in [0, 0.1) is 0 Å². The number of nitrogens with one attached hydrogen (secondary N) is 1. The Labute approximate surface area is 143 Å². The molecule has 132 valence electrons. The molecule has 3 rings (SSSR count). The third-order valence-corrected chi connectivity index (χ3v) is 5.27. The fourth-order valence-corrected chi connectivity index (χ4v) is 3.97. The summed E-state index contributed by atoms with van der Waals surface area (Å²) in [6.45, 7) is 8.09. The molecule has 1 aromatic rings. The molecule has 1 aromatic heterocycles. The Morgan fingerprint density at radius 2 is 2.12 bits per heavy atom. The molecule has 2 aliphatic heterocycles. The number of ether oxygens (including phenoxy) is 1. The molecular formula is C18H28N4O2. The third-order valence-electron chi connectivity index (χ3n) is 5.27. The number of amides is 1. The van der Waals surface area contributed by atoms with Crippen molar-refractivity contribution in [3.8, 4) is 0 Å². The average Bonchev–Trinajstić information content (AvgIpc) is 3.04. The van der Waals surface area contributed by atoms with Crippen LogP contribution in [0.3, 0.4) is 0 Å². The lowest BCUT2D eigenvalue weighted by molar-refractivity contribution is -0.146. The average molecular weight is 332 g/mol. The van der Waals surface area contributed by atoms with Crippen molar-refractivity contribution in [2.24, 2.45) is 0 Å². The number of hydrogen-bond donors (Lipinski definition) is 1. The highest BCUT2D eigenvalue weighted by Gasteiger charge is 2.48. The number of imidazole rings is 1. The maximum atomic E-state index is 12.6. The molecule has 0 unspecified atom stereocenters. The largest absolute Gasteiger partial charge is 0.375 e. The lowest BCUT2D eigenvalue weighted by Crippen LogP contribution is -2.59. The van der Waals surface area contributed by atoms with Crippen molar-refractivity contribution in [2.75, 3.05) is 39.9 Å². The summed E-state index contributed by atoms with van der Waals surface area (Å²) in [5, 5.41) is 0. The van der Waals surface area contributed by atoms with Gasteiger partial charge >= 0.3 is 0 Å². The first kappa shape index (κ1) is 17.2. The number of carbonyl (C=O) groups is 1. The first-order valence-electron chi connectivity index (χ1n) is 8.74. The molecule has 1 N–H and O–H groups in total. The van der Waals surface area contributed by atoms with Crippen molar-refractivity contribution in [2.45, 2.75) is 38.6 Å². The number of allylic oxidation sites excluding steroid dienone is 1. The number of H-pyrrole nitrogens is 1. The lowest BCUT2D eigenvalue weighted by atomic mass is 9.78. The molecule has 1 fully saturated rings. The van der Waals surface area contributed by atoms with Gasteiger partial charge in [0.2, 0.25) is 5.91 Å². The Morgan fingerprint density at radius 3 is 2.79 bits per heavy atom. The number of piperidine rings is 1. The van der Waals surface area contributed by atoms with Gasteiger partial charge in [0.25, 0.3) is 0 Å². The van der Waals surface area contributed by atoms with Gasteiger partial charge in [-0.25, -0.2) is 4.98 Å². The first-order valence-corrected chi connectivity index (χ1v) is 8.74. The fourth-order valence-electron chi connectivity index (χ4n) is 3.97. The molecule has 24 heavy (non-hydrogen) atoms. The highest BCUT2D eigenvalue weighted by atomic mass is 16.5. The van der Waals surface area contributed by atoms with Crippen LogP contribution in [0.5, 0.6) is 0 Å². The molecule has 1 amide bonds. The quantitative estimate of drug-likeness (QED) is 0.853. The summed E-state index contributed by atoms with van der Waals surface area (Å²) in [5.74, 6) is 0.0731. The van der Waals surface area contributed by atoms with Crippen LogP contribution in [0.25, 0.3) is 0 Å². The van der Waals surface area contributed by atoms with E-state index in [1.807, 2.05) is 4.90 Å². The van der Waals surface area contributed by atoms with Gasteiger partial charge in [0.1, 0.15) is 6.61 Å². The van der Waals surface area contributed by atoms with E-state index in [2.05, 4.69) is 34.8 Å². The van der Waals surface area contributed by atoms with E-state index < -0.39 is 0 Å². The van der Waals surface area contributed by atoms with Gasteiger partial charge in [0.15, 0.2) is 0 Å². The number of rotatable bonds is 4. The number of nitrogens with zero attached hydrogens (tertiary/aromatic N) is 3. The zero-order valence-corrected chi connectivity index (χ0v) is 15.0. The summed E-state index contributed by atoms with van der Waals surface area (Å²) in [7, 11) is 1.58. The van der Waals surface area contributed by atoms with Gasteiger partial charge in [-0.05, 0) is 26.7 Å². The van der Waals surface area contributed by atoms with Crippen LogP contribution in [0.2, 0.25) is 0 Å². The number of likely N-dealkylation sites (tertiary alicyclic amines) is 1. The standard InChI is InChI=1S/C18H28N4O2/c1-14(2)4-8-21-10-6-18(7-11-21)17-15(19-13-20-17)5-9-22(18)16(23)12-24-3/h4,13H,5-12H2,1-3H3,(H,19,20). The number of aromatic amines is 1. The Balaban J connectivity index is 1.82. The van der Waals surface area contributed by atoms with Crippen LogP contribution in [-0.2, 0) is 21.5 Å². The van der Waals surface area contributed by atoms with Crippen molar-refractivity contribution in [1.82, 2.24) is 19.8 Å². The number of methoxy groups -OCH3 is 1. The smallest absolute Gasteiger partial charge is 0.249 e. The van der Waals surface area contributed by atoms with Crippen molar-refractivity contribution in [3.63, 3.8) is 0 Å². The predicted octanol–water partition coefficient (Wildman–Crippen LogP) is 1.70. The zero-order chi connectivity index (χ0) is 17.2. The minimum atomic E-state index is -0.273. The molecule has 0 bridgehead atoms. The molecule has 3 heterocycles. The van der Waals surface area contributed by atoms with E-state index in [4.69, 9.17) is 4.74 Å². The van der Waals surface area contributed by atoms with Gasteiger partial charge in [-0.2, -0.15) is 0 Å². The molecule has 6 heteroatoms. The molecule has 1 saturated heterocycles. The highest BCUT2D eigenvalue weighted by Crippen LogP contribution is 2.42. The number of fused-ring (bicyclic) bond motifs is 2. The minimum Gasteiger partial charge on any atom is -0.375 e. The normalized spacial score (nSPS) is 20.0. The summed E-state index contributed by atoms with van der Waals surface area (Å²) >= 11 is 0. The van der Waals surface area contributed by atoms with Gasteiger partial charge in [0, 0.05) is 45.4 Å². The lowest BCUT2D eigenvalue weighted by Gasteiger charge is -2.50. The Bertz CT molecular complexity index is 610. The Morgan fingerprint density at radius 1 is 1.38 bits per heavy atom. The van der Waals surface area contributed by atoms with Crippen molar-refractivity contribution >= 4 is 5.91 Å². The van der Waals surface area contributed by atoms with E-state index in [1.165, 1.54) is 11.3 Å². The van der Waals surface area contributed by atoms with Crippen molar-refractivity contribution in [1.29, 1.82) is 0 Å². The number of aromatic nitrogens is 2. The first-order chi connectivity index (χ1) is 11.6. The Kier molecular flexibility index (Phi) is 5.06. The van der Waals surface area contributed by atoms with Crippen LogP contribution in [-0.4, -0.2) is 65.6 Å². The van der Waals surface area contributed by atoms with E-state index in [9.17, 15) is 4.79 Å². The zero-order valence-electron chi connectivity index (χ0n) is 15.0. The topological polar surface area (TPSA) is 61.5 Å². The molecule has 0 saturated carbocycles. The van der Waals surface area contributed by atoms with Crippen LogP contribution >= 0.6 is 0 Å². The minimum absolute atomic E-state index is 0.0731. The van der Waals surface area contributed by atoms with Gasteiger partial charge in [0.05, 0.1) is 17.6 Å². The molecule has 0 atom stereocenters. The summed E-state index contributed by atoms with van der Waals surface area (Å²) in [5.41, 5.74) is 3.33. The monoisotopic (exact) mass is 332 g/mol. The van der Waals surface area contributed by atoms with E-state index in [0.29, 0.717) is 0 Å².